The monoisotopic (exact) mass is 1650 g/mol. The number of amides is 12. The van der Waals surface area contributed by atoms with Crippen molar-refractivity contribution in [3.8, 4) is 0 Å². The van der Waals surface area contributed by atoms with E-state index in [-0.39, 0.29) is 101 Å². The van der Waals surface area contributed by atoms with E-state index in [0.717, 1.165) is 0 Å². The fraction of sp³-hybridized carbons (Fsp3) is 0.580. The molecule has 1 aliphatic rings. The maximum atomic E-state index is 15.2. The number of nitrogens with one attached hydrogen (secondary N) is 11. The first-order valence-corrected chi connectivity index (χ1v) is 42.5. The van der Waals surface area contributed by atoms with Gasteiger partial charge in [-0.2, -0.15) is 0 Å². The highest BCUT2D eigenvalue weighted by molar-refractivity contribution is 6.00. The summed E-state index contributed by atoms with van der Waals surface area (Å²) in [5.74, 6) is -10.9. The standard InChI is InChI=1S/C88H135N17O14/c1-55(2)48-67(80(110)98-69(51-59-30-13-9-14-31-59)82(112)99-70(52-60-32-15-10-16-33-60)84(114)103-73(88(118)119)54-62-36-19-12-20-37-62)97-83(113)71(53-61-34-17-11-18-35-61)100-85(115)74-42-29-47-105(74)87(117)72(50-57(5)6)102-81(111)68(49-56(3)4)101-86(116)75(58(7)8)104-79(109)66(41-24-28-46-92)96-78(108)65(40-23-27-45-91)95-77(107)64(39-22-26-44-90)94-76(106)63(93)38-21-25-43-89/h9-20,30-37,55-58,63-75H,21-29,38-54,89-93H2,1-8H3,(H,94,106)(H,95,107)(H,96,108)(H,97,113)(H,98,110)(H,99,112)(H,100,115)(H,101,116)(H,102,111)(H,103,114)(H,104,109)(H,118,119)/t63-,64-,65-,66-,67-,68-,69-,70-,71-,72-,73-,74-,75-/m0/s1. The van der Waals surface area contributed by atoms with Crippen LogP contribution < -0.4 is 87.2 Å². The van der Waals surface area contributed by atoms with Gasteiger partial charge in [-0.15, -0.1) is 0 Å². The van der Waals surface area contributed by atoms with E-state index in [9.17, 15) is 53.1 Å². The minimum Gasteiger partial charge on any atom is -0.480 e. The maximum absolute atomic E-state index is 15.2. The van der Waals surface area contributed by atoms with E-state index >= 15 is 14.4 Å². The summed E-state index contributed by atoms with van der Waals surface area (Å²) in [6.45, 7) is 15.9. The Hall–Kier alpha value is -10.2. The molecule has 1 saturated heterocycles. The average Bonchev–Trinajstić information content (AvgIpc) is 1.72. The van der Waals surface area contributed by atoms with Crippen LogP contribution in [-0.4, -0.2) is 198 Å². The summed E-state index contributed by atoms with van der Waals surface area (Å²) in [5.41, 5.74) is 32.0. The zero-order valence-electron chi connectivity index (χ0n) is 70.8. The largest absolute Gasteiger partial charge is 0.480 e. The lowest BCUT2D eigenvalue weighted by Crippen LogP contribution is -2.61. The molecule has 31 nitrogen and oxygen atoms in total. The number of carbonyl (C=O) groups excluding carboxylic acids is 12. The van der Waals surface area contributed by atoms with Crippen LogP contribution in [0.15, 0.2) is 121 Å². The first-order chi connectivity index (χ1) is 56.9. The Balaban J connectivity index is 1.36. The van der Waals surface area contributed by atoms with Crippen LogP contribution >= 0.6 is 0 Å². The van der Waals surface area contributed by atoms with Gasteiger partial charge in [0.1, 0.15) is 72.5 Å². The Morgan fingerprint density at radius 3 is 0.992 bits per heavy atom. The summed E-state index contributed by atoms with van der Waals surface area (Å²) in [7, 11) is 0. The molecule has 22 N–H and O–H groups in total. The number of hydrogen-bond acceptors (Lipinski definition) is 18. The molecule has 0 bridgehead atoms. The van der Waals surface area contributed by atoms with Crippen molar-refractivity contribution in [3.63, 3.8) is 0 Å². The third-order valence-electron chi connectivity index (χ3n) is 20.8. The van der Waals surface area contributed by atoms with Crippen LogP contribution in [0.5, 0.6) is 0 Å². The minimum absolute atomic E-state index is 0.0469. The number of nitrogens with two attached hydrogens (primary N) is 5. The number of likely N-dealkylation sites (tertiary alicyclic amines) is 1. The van der Waals surface area contributed by atoms with E-state index < -0.39 is 161 Å². The predicted octanol–water partition coefficient (Wildman–Crippen LogP) is 3.00. The second-order valence-electron chi connectivity index (χ2n) is 32.8. The lowest BCUT2D eigenvalue weighted by atomic mass is 9.97. The first-order valence-electron chi connectivity index (χ1n) is 42.5. The summed E-state index contributed by atoms with van der Waals surface area (Å²) >= 11 is 0. The molecule has 1 heterocycles. The fourth-order valence-corrected chi connectivity index (χ4v) is 14.3. The van der Waals surface area contributed by atoms with Crippen molar-refractivity contribution in [2.75, 3.05) is 32.7 Å². The first kappa shape index (κ1) is 99.4. The number of carboxylic acids is 1. The molecule has 0 aromatic heterocycles. The van der Waals surface area contributed by atoms with Crippen molar-refractivity contribution in [1.29, 1.82) is 0 Å². The highest BCUT2D eigenvalue weighted by Crippen LogP contribution is 2.23. The van der Waals surface area contributed by atoms with Crippen LogP contribution in [0.2, 0.25) is 0 Å². The smallest absolute Gasteiger partial charge is 0.326 e. The lowest BCUT2D eigenvalue weighted by molar-refractivity contribution is -0.143. The van der Waals surface area contributed by atoms with Crippen molar-refractivity contribution in [2.24, 2.45) is 52.3 Å². The fourth-order valence-electron chi connectivity index (χ4n) is 14.3. The summed E-state index contributed by atoms with van der Waals surface area (Å²) in [4.78, 5) is 190. The molecule has 1 fully saturated rings. The van der Waals surface area contributed by atoms with Gasteiger partial charge in [0.15, 0.2) is 0 Å². The number of hydrogen-bond donors (Lipinski definition) is 17. The number of carbonyl (C=O) groups is 13. The van der Waals surface area contributed by atoms with Gasteiger partial charge in [0, 0.05) is 32.2 Å². The van der Waals surface area contributed by atoms with Crippen LogP contribution in [0.4, 0.5) is 0 Å². The van der Waals surface area contributed by atoms with Crippen LogP contribution in [0.1, 0.15) is 187 Å². The second-order valence-corrected chi connectivity index (χ2v) is 32.8. The molecule has 1 aliphatic heterocycles. The molecular formula is C88H135N17O14. The third-order valence-corrected chi connectivity index (χ3v) is 20.8. The Labute approximate surface area is 701 Å². The number of unbranched alkanes of at least 4 members (excludes halogenated alkanes) is 4. The number of carboxylic acid groups (broad SMARTS) is 1. The van der Waals surface area contributed by atoms with E-state index in [4.69, 9.17) is 28.7 Å². The number of nitrogens with zero attached hydrogens (tertiary/aromatic N) is 1. The molecule has 13 atom stereocenters. The topological polar surface area (TPSA) is 508 Å². The molecule has 12 amide bonds. The van der Waals surface area contributed by atoms with Crippen molar-refractivity contribution in [3.05, 3.63) is 144 Å². The van der Waals surface area contributed by atoms with Gasteiger partial charge in [-0.05, 0) is 175 Å². The Morgan fingerprint density at radius 1 is 0.345 bits per heavy atom. The van der Waals surface area contributed by atoms with E-state index in [1.165, 1.54) is 4.90 Å². The quantitative estimate of drug-likeness (QED) is 0.0283. The van der Waals surface area contributed by atoms with Gasteiger partial charge in [-0.1, -0.05) is 183 Å². The van der Waals surface area contributed by atoms with Crippen LogP contribution in [0.25, 0.3) is 0 Å². The summed E-state index contributed by atoms with van der Waals surface area (Å²) in [5, 5.41) is 41.4. The molecule has 0 saturated carbocycles. The maximum Gasteiger partial charge on any atom is 0.326 e. The van der Waals surface area contributed by atoms with Crippen LogP contribution in [0, 0.1) is 23.7 Å². The van der Waals surface area contributed by atoms with Crippen molar-refractivity contribution in [1.82, 2.24) is 63.4 Å². The van der Waals surface area contributed by atoms with Gasteiger partial charge >= 0.3 is 5.97 Å². The summed E-state index contributed by atoms with van der Waals surface area (Å²) < 4.78 is 0. The Morgan fingerprint density at radius 2 is 0.630 bits per heavy atom. The molecule has 4 aromatic rings. The van der Waals surface area contributed by atoms with E-state index in [1.54, 1.807) is 135 Å². The van der Waals surface area contributed by atoms with Crippen LogP contribution in [0.3, 0.4) is 0 Å². The Kier molecular flexibility index (Phi) is 44.5. The minimum atomic E-state index is -1.37. The van der Waals surface area contributed by atoms with Crippen molar-refractivity contribution < 1.29 is 67.4 Å². The molecule has 0 spiro atoms. The molecule has 0 unspecified atom stereocenters. The highest BCUT2D eigenvalue weighted by Gasteiger charge is 2.42. The van der Waals surface area contributed by atoms with E-state index in [0.29, 0.717) is 106 Å². The van der Waals surface area contributed by atoms with Crippen molar-refractivity contribution in [2.45, 2.75) is 269 Å². The molecule has 4 aromatic carbocycles. The lowest BCUT2D eigenvalue weighted by Gasteiger charge is -2.32. The van der Waals surface area contributed by atoms with E-state index in [1.807, 2.05) is 41.5 Å². The number of aliphatic carboxylic acids is 1. The summed E-state index contributed by atoms with van der Waals surface area (Å²) in [6, 6.07) is 19.2. The zero-order valence-corrected chi connectivity index (χ0v) is 70.8. The molecule has 5 rings (SSSR count). The van der Waals surface area contributed by atoms with Crippen LogP contribution in [-0.2, 0) is 88.0 Å². The van der Waals surface area contributed by atoms with Crippen molar-refractivity contribution >= 4 is 76.9 Å². The van der Waals surface area contributed by atoms with E-state index in [2.05, 4.69) is 58.5 Å². The van der Waals surface area contributed by atoms with Gasteiger partial charge in [-0.3, -0.25) is 57.5 Å². The Bertz CT molecular complexity index is 3830. The molecular weight excluding hydrogens is 1520 g/mol. The highest BCUT2D eigenvalue weighted by atomic mass is 16.4. The normalized spacial score (nSPS) is 15.7. The zero-order chi connectivity index (χ0) is 87.5. The van der Waals surface area contributed by atoms with Gasteiger partial charge in [0.2, 0.25) is 70.9 Å². The molecule has 656 valence electrons. The molecule has 0 radical (unpaired) electrons. The average molecular weight is 1660 g/mol. The molecule has 0 aliphatic carbocycles. The molecule has 119 heavy (non-hydrogen) atoms. The van der Waals surface area contributed by atoms with Gasteiger partial charge < -0.3 is 97.2 Å². The number of rotatable bonds is 55. The van der Waals surface area contributed by atoms with Gasteiger partial charge in [0.05, 0.1) is 6.04 Å². The molecule has 31 heteroatoms. The van der Waals surface area contributed by atoms with Gasteiger partial charge in [-0.25, -0.2) is 4.79 Å². The predicted molar refractivity (Wildman–Crippen MR) is 457 cm³/mol. The third kappa shape index (κ3) is 35.7. The SMILES string of the molecule is CC(C)C[C@H](NC(=O)[C@H](Cc1ccccc1)NC(=O)[C@@H]1CCCN1C(=O)[C@H](CC(C)C)NC(=O)[C@H](CC(C)C)NC(=O)[C@@H](NC(=O)[C@H](CCCCN)NC(=O)[C@H](CCCCN)NC(=O)[C@H](CCCCN)NC(=O)[C@@H](N)CCCCN)C(C)C)C(=O)N[C@@H](Cc1ccccc1)C(=O)N[C@@H](Cc1ccccc1)C(=O)N[C@@H](Cc1ccccc1)C(=O)O. The summed E-state index contributed by atoms with van der Waals surface area (Å²) in [6.07, 6.45) is 5.37. The second kappa shape index (κ2) is 53.4. The van der Waals surface area contributed by atoms with Gasteiger partial charge in [0.25, 0.3) is 0 Å². The number of benzene rings is 4.